The third kappa shape index (κ3) is 4.62. The molecule has 4 heteroatoms. The quantitative estimate of drug-likeness (QED) is 0.590. The summed E-state index contributed by atoms with van der Waals surface area (Å²) in [5.41, 5.74) is 3.54. The molecule has 3 rings (SSSR count). The van der Waals surface area contributed by atoms with Crippen molar-refractivity contribution in [2.45, 2.75) is 32.4 Å². The zero-order valence-corrected chi connectivity index (χ0v) is 14.8. The van der Waals surface area contributed by atoms with E-state index in [0.29, 0.717) is 6.54 Å². The fraction of sp³-hybridized carbons (Fsp3) is 0.333. The van der Waals surface area contributed by atoms with Gasteiger partial charge in [0.05, 0.1) is 0 Å². The Morgan fingerprint density at radius 2 is 1.88 bits per heavy atom. The van der Waals surface area contributed by atoms with Crippen LogP contribution < -0.4 is 10.1 Å². The van der Waals surface area contributed by atoms with Gasteiger partial charge in [0.2, 0.25) is 0 Å². The maximum Gasteiger partial charge on any atom is 0.122 e. The zero-order valence-electron chi connectivity index (χ0n) is 14.8. The molecule has 0 radical (unpaired) electrons. The molecular weight excluding hydrogens is 312 g/mol. The number of rotatable bonds is 8. The lowest BCUT2D eigenvalue weighted by Gasteiger charge is -2.18. The van der Waals surface area contributed by atoms with Gasteiger partial charge in [0.15, 0.2) is 0 Å². The third-order valence-corrected chi connectivity index (χ3v) is 4.43. The Morgan fingerprint density at radius 1 is 1.12 bits per heavy atom. The van der Waals surface area contributed by atoms with Gasteiger partial charge in [0.1, 0.15) is 18.5 Å². The summed E-state index contributed by atoms with van der Waals surface area (Å²) in [4.78, 5) is 3.30. The highest BCUT2D eigenvalue weighted by molar-refractivity contribution is 5.83. The summed E-state index contributed by atoms with van der Waals surface area (Å²) < 4.78 is 5.70. The number of para-hydroxylation sites is 2. The van der Waals surface area contributed by atoms with E-state index in [1.807, 2.05) is 37.3 Å². The molecule has 0 aliphatic carbocycles. The second kappa shape index (κ2) is 8.19. The van der Waals surface area contributed by atoms with Crippen LogP contribution in [0, 0.1) is 6.92 Å². The summed E-state index contributed by atoms with van der Waals surface area (Å²) in [6, 6.07) is 16.4. The molecule has 0 saturated heterocycles. The number of hydrogen-bond acceptors (Lipinski definition) is 3. The molecule has 2 aromatic carbocycles. The van der Waals surface area contributed by atoms with E-state index in [4.69, 9.17) is 4.74 Å². The van der Waals surface area contributed by atoms with E-state index in [-0.39, 0.29) is 12.6 Å². The highest BCUT2D eigenvalue weighted by Gasteiger charge is 2.11. The standard InChI is InChI=1S/C21H26N2O2/c1-15-7-3-6-10-21(15)25-14-18(24)13-22-16(2)11-17-12-23-20-9-5-4-8-19(17)20/h3-10,12,16,18,22-24H,11,13-14H2,1-2H3/t16-,18-/m1/s1. The van der Waals surface area contributed by atoms with Crippen molar-refractivity contribution in [2.75, 3.05) is 13.2 Å². The Bertz CT molecular complexity index is 812. The van der Waals surface area contributed by atoms with Crippen molar-refractivity contribution >= 4 is 10.9 Å². The smallest absolute Gasteiger partial charge is 0.122 e. The van der Waals surface area contributed by atoms with E-state index >= 15 is 0 Å². The average Bonchev–Trinajstić information content (AvgIpc) is 3.02. The van der Waals surface area contributed by atoms with Crippen LogP contribution in [-0.4, -0.2) is 35.4 Å². The minimum atomic E-state index is -0.537. The second-order valence-corrected chi connectivity index (χ2v) is 6.60. The van der Waals surface area contributed by atoms with Gasteiger partial charge in [-0.3, -0.25) is 0 Å². The lowest BCUT2D eigenvalue weighted by atomic mass is 10.1. The lowest BCUT2D eigenvalue weighted by Crippen LogP contribution is -2.37. The molecule has 4 nitrogen and oxygen atoms in total. The molecule has 1 heterocycles. The Balaban J connectivity index is 1.45. The largest absolute Gasteiger partial charge is 0.491 e. The molecule has 0 bridgehead atoms. The van der Waals surface area contributed by atoms with Gasteiger partial charge in [0.25, 0.3) is 0 Å². The van der Waals surface area contributed by atoms with Crippen LogP contribution in [0.1, 0.15) is 18.1 Å². The first-order chi connectivity index (χ1) is 12.1. The van der Waals surface area contributed by atoms with E-state index < -0.39 is 6.10 Å². The van der Waals surface area contributed by atoms with Gasteiger partial charge >= 0.3 is 0 Å². The fourth-order valence-electron chi connectivity index (χ4n) is 3.00. The van der Waals surface area contributed by atoms with E-state index in [1.165, 1.54) is 10.9 Å². The topological polar surface area (TPSA) is 57.3 Å². The number of aliphatic hydroxyl groups excluding tert-OH is 1. The number of nitrogens with one attached hydrogen (secondary N) is 2. The minimum Gasteiger partial charge on any atom is -0.491 e. The number of fused-ring (bicyclic) bond motifs is 1. The first kappa shape index (κ1) is 17.5. The van der Waals surface area contributed by atoms with Crippen LogP contribution >= 0.6 is 0 Å². The number of hydrogen-bond donors (Lipinski definition) is 3. The Kier molecular flexibility index (Phi) is 5.74. The van der Waals surface area contributed by atoms with Crippen molar-refractivity contribution in [3.05, 3.63) is 65.9 Å². The molecular formula is C21H26N2O2. The predicted octanol–water partition coefficient (Wildman–Crippen LogP) is 3.44. The van der Waals surface area contributed by atoms with Gasteiger partial charge in [-0.05, 0) is 43.5 Å². The van der Waals surface area contributed by atoms with E-state index in [0.717, 1.165) is 23.3 Å². The van der Waals surface area contributed by atoms with Crippen LogP contribution in [0.2, 0.25) is 0 Å². The van der Waals surface area contributed by atoms with Crippen molar-refractivity contribution in [1.82, 2.24) is 10.3 Å². The lowest BCUT2D eigenvalue weighted by molar-refractivity contribution is 0.104. The van der Waals surface area contributed by atoms with Gasteiger partial charge < -0.3 is 20.1 Å². The number of aromatic nitrogens is 1. The van der Waals surface area contributed by atoms with Gasteiger partial charge in [-0.2, -0.15) is 0 Å². The first-order valence-corrected chi connectivity index (χ1v) is 8.78. The van der Waals surface area contributed by atoms with Crippen LogP contribution in [0.4, 0.5) is 0 Å². The molecule has 2 atom stereocenters. The molecule has 132 valence electrons. The predicted molar refractivity (Wildman–Crippen MR) is 102 cm³/mol. The zero-order chi connectivity index (χ0) is 17.6. The Morgan fingerprint density at radius 3 is 2.72 bits per heavy atom. The summed E-state index contributed by atoms with van der Waals surface area (Å²) in [6.07, 6.45) is 2.45. The van der Waals surface area contributed by atoms with E-state index in [2.05, 4.69) is 41.6 Å². The molecule has 3 N–H and O–H groups in total. The first-order valence-electron chi connectivity index (χ1n) is 8.78. The summed E-state index contributed by atoms with van der Waals surface area (Å²) >= 11 is 0. The maximum atomic E-state index is 10.2. The van der Waals surface area contributed by atoms with Crippen LogP contribution in [0.25, 0.3) is 10.9 Å². The summed E-state index contributed by atoms with van der Waals surface area (Å²) in [6.45, 7) is 4.94. The number of benzene rings is 2. The van der Waals surface area contributed by atoms with Crippen LogP contribution in [-0.2, 0) is 6.42 Å². The Labute approximate surface area is 148 Å². The maximum absolute atomic E-state index is 10.2. The summed E-state index contributed by atoms with van der Waals surface area (Å²) in [7, 11) is 0. The molecule has 0 aliphatic heterocycles. The highest BCUT2D eigenvalue weighted by atomic mass is 16.5. The SMILES string of the molecule is Cc1ccccc1OC[C@H](O)CN[C@H](C)Cc1c[nH]c2ccccc12. The van der Waals surface area contributed by atoms with Gasteiger partial charge in [-0.15, -0.1) is 0 Å². The number of aromatic amines is 1. The van der Waals surface area contributed by atoms with Crippen molar-refractivity contribution in [2.24, 2.45) is 0 Å². The van der Waals surface area contributed by atoms with Crippen molar-refractivity contribution < 1.29 is 9.84 Å². The van der Waals surface area contributed by atoms with Crippen molar-refractivity contribution in [3.63, 3.8) is 0 Å². The van der Waals surface area contributed by atoms with Crippen LogP contribution in [0.3, 0.4) is 0 Å². The molecule has 0 amide bonds. The normalized spacial score (nSPS) is 13.7. The molecule has 3 aromatic rings. The van der Waals surface area contributed by atoms with Crippen LogP contribution in [0.15, 0.2) is 54.7 Å². The number of aliphatic hydroxyl groups is 1. The summed E-state index contributed by atoms with van der Waals surface area (Å²) in [5, 5.41) is 14.8. The molecule has 0 unspecified atom stereocenters. The van der Waals surface area contributed by atoms with Crippen molar-refractivity contribution in [1.29, 1.82) is 0 Å². The number of ether oxygens (including phenoxy) is 1. The highest BCUT2D eigenvalue weighted by Crippen LogP contribution is 2.19. The molecule has 25 heavy (non-hydrogen) atoms. The number of H-pyrrole nitrogens is 1. The monoisotopic (exact) mass is 338 g/mol. The number of aryl methyl sites for hydroxylation is 1. The minimum absolute atomic E-state index is 0.271. The van der Waals surface area contributed by atoms with Crippen molar-refractivity contribution in [3.8, 4) is 5.75 Å². The van der Waals surface area contributed by atoms with Gasteiger partial charge in [-0.1, -0.05) is 36.4 Å². The van der Waals surface area contributed by atoms with Gasteiger partial charge in [-0.25, -0.2) is 0 Å². The van der Waals surface area contributed by atoms with Gasteiger partial charge in [0, 0.05) is 29.7 Å². The fourth-order valence-corrected chi connectivity index (χ4v) is 3.00. The third-order valence-electron chi connectivity index (χ3n) is 4.43. The average molecular weight is 338 g/mol. The Hall–Kier alpha value is -2.30. The molecule has 0 aliphatic rings. The van der Waals surface area contributed by atoms with E-state index in [9.17, 15) is 5.11 Å². The second-order valence-electron chi connectivity index (χ2n) is 6.60. The van der Waals surface area contributed by atoms with Crippen LogP contribution in [0.5, 0.6) is 5.75 Å². The molecule has 1 aromatic heterocycles. The molecule has 0 saturated carbocycles. The van der Waals surface area contributed by atoms with E-state index in [1.54, 1.807) is 0 Å². The molecule has 0 fully saturated rings. The molecule has 0 spiro atoms. The summed E-state index contributed by atoms with van der Waals surface area (Å²) in [5.74, 6) is 0.827.